The van der Waals surface area contributed by atoms with Gasteiger partial charge in [0, 0.05) is 17.1 Å². The Morgan fingerprint density at radius 3 is 2.93 bits per heavy atom. The molecular formula is C19H15ClN4O3S. The summed E-state index contributed by atoms with van der Waals surface area (Å²) < 4.78 is 6.93. The minimum absolute atomic E-state index is 0.275. The topological polar surface area (TPSA) is 92.9 Å². The van der Waals surface area contributed by atoms with E-state index in [1.165, 1.54) is 28.5 Å². The number of nitrogens with one attached hydrogen (secondary N) is 2. The number of halogens is 1. The maximum absolute atomic E-state index is 12.8. The molecule has 4 heterocycles. The van der Waals surface area contributed by atoms with Gasteiger partial charge in [0.2, 0.25) is 0 Å². The van der Waals surface area contributed by atoms with Gasteiger partial charge in [0.15, 0.2) is 0 Å². The minimum atomic E-state index is -0.365. The first kappa shape index (κ1) is 18.3. The van der Waals surface area contributed by atoms with Crippen molar-refractivity contribution in [1.29, 1.82) is 0 Å². The number of furan rings is 1. The summed E-state index contributed by atoms with van der Waals surface area (Å²) in [6, 6.07) is 8.69. The Hall–Kier alpha value is -3.10. The summed E-state index contributed by atoms with van der Waals surface area (Å²) in [7, 11) is 0. The molecule has 0 aliphatic carbocycles. The molecule has 2 N–H and O–H groups in total. The number of carbonyl (C=O) groups is 1. The van der Waals surface area contributed by atoms with E-state index in [0.29, 0.717) is 33.5 Å². The Labute approximate surface area is 168 Å². The first-order valence-corrected chi connectivity index (χ1v) is 9.55. The minimum Gasteiger partial charge on any atom is -0.472 e. The van der Waals surface area contributed by atoms with Gasteiger partial charge in [-0.3, -0.25) is 9.59 Å². The molecule has 0 spiro atoms. The summed E-state index contributed by atoms with van der Waals surface area (Å²) in [6.07, 6.45) is 4.40. The average molecular weight is 415 g/mol. The van der Waals surface area contributed by atoms with Gasteiger partial charge in [0.25, 0.3) is 11.5 Å². The number of anilines is 1. The SMILES string of the molecule is Cc1c[nH]c(=O)c(-c2cc(NCc3ccc(Cl)s3)n(C(=O)c3ccoc3)n2)c1. The fraction of sp³-hybridized carbons (Fsp3) is 0.105. The molecule has 0 bridgehead atoms. The molecule has 0 aliphatic rings. The van der Waals surface area contributed by atoms with Crippen molar-refractivity contribution in [3.8, 4) is 11.3 Å². The Morgan fingerprint density at radius 2 is 2.21 bits per heavy atom. The van der Waals surface area contributed by atoms with Crippen molar-refractivity contribution in [2.24, 2.45) is 0 Å². The monoisotopic (exact) mass is 414 g/mol. The lowest BCUT2D eigenvalue weighted by molar-refractivity contribution is 0.0947. The zero-order chi connectivity index (χ0) is 19.7. The summed E-state index contributed by atoms with van der Waals surface area (Å²) in [5, 5.41) is 7.57. The Balaban J connectivity index is 1.73. The molecule has 4 aromatic rings. The van der Waals surface area contributed by atoms with Gasteiger partial charge in [-0.05, 0) is 36.8 Å². The van der Waals surface area contributed by atoms with Crippen molar-refractivity contribution in [2.75, 3.05) is 5.32 Å². The van der Waals surface area contributed by atoms with Crippen LogP contribution in [0.4, 0.5) is 5.82 Å². The molecule has 0 amide bonds. The van der Waals surface area contributed by atoms with E-state index in [1.54, 1.807) is 24.4 Å². The zero-order valence-electron chi connectivity index (χ0n) is 14.7. The number of carbonyl (C=O) groups excluding carboxylic acids is 1. The molecule has 28 heavy (non-hydrogen) atoms. The third-order valence-corrected chi connectivity index (χ3v) is 5.30. The zero-order valence-corrected chi connectivity index (χ0v) is 16.3. The predicted octanol–water partition coefficient (Wildman–Crippen LogP) is 4.16. The van der Waals surface area contributed by atoms with Crippen molar-refractivity contribution < 1.29 is 9.21 Å². The first-order valence-electron chi connectivity index (χ1n) is 8.36. The quantitative estimate of drug-likeness (QED) is 0.511. The summed E-state index contributed by atoms with van der Waals surface area (Å²) in [5.74, 6) is 0.0995. The van der Waals surface area contributed by atoms with E-state index < -0.39 is 0 Å². The van der Waals surface area contributed by atoms with Crippen LogP contribution in [0.2, 0.25) is 4.34 Å². The van der Waals surface area contributed by atoms with Crippen LogP contribution in [0, 0.1) is 6.92 Å². The summed E-state index contributed by atoms with van der Waals surface area (Å²) in [6.45, 7) is 2.33. The number of aromatic nitrogens is 3. The smallest absolute Gasteiger partial charge is 0.283 e. The number of aromatic amines is 1. The van der Waals surface area contributed by atoms with Crippen LogP contribution in [-0.2, 0) is 6.54 Å². The van der Waals surface area contributed by atoms with Gasteiger partial charge < -0.3 is 14.7 Å². The second kappa shape index (κ2) is 7.49. The van der Waals surface area contributed by atoms with Crippen molar-refractivity contribution in [3.63, 3.8) is 0 Å². The number of H-pyrrole nitrogens is 1. The highest BCUT2D eigenvalue weighted by atomic mass is 35.5. The van der Waals surface area contributed by atoms with Gasteiger partial charge in [0.05, 0.1) is 28.3 Å². The Kier molecular flexibility index (Phi) is 4.89. The van der Waals surface area contributed by atoms with Gasteiger partial charge in [-0.1, -0.05) is 11.6 Å². The lowest BCUT2D eigenvalue weighted by atomic mass is 10.1. The predicted molar refractivity (Wildman–Crippen MR) is 108 cm³/mol. The molecule has 142 valence electrons. The number of nitrogens with zero attached hydrogens (tertiary/aromatic N) is 2. The van der Waals surface area contributed by atoms with Gasteiger partial charge in [-0.15, -0.1) is 11.3 Å². The van der Waals surface area contributed by atoms with E-state index in [0.717, 1.165) is 10.4 Å². The van der Waals surface area contributed by atoms with E-state index in [2.05, 4.69) is 15.4 Å². The van der Waals surface area contributed by atoms with Crippen molar-refractivity contribution in [2.45, 2.75) is 13.5 Å². The number of aryl methyl sites for hydroxylation is 1. The summed E-state index contributed by atoms with van der Waals surface area (Å²) in [5.41, 5.74) is 1.75. The van der Waals surface area contributed by atoms with Crippen LogP contribution in [0.15, 0.2) is 58.3 Å². The van der Waals surface area contributed by atoms with E-state index in [-0.39, 0.29) is 11.5 Å². The van der Waals surface area contributed by atoms with E-state index in [1.807, 2.05) is 19.1 Å². The fourth-order valence-electron chi connectivity index (χ4n) is 2.71. The Morgan fingerprint density at radius 1 is 1.36 bits per heavy atom. The summed E-state index contributed by atoms with van der Waals surface area (Å²) in [4.78, 5) is 28.7. The second-order valence-corrected chi connectivity index (χ2v) is 7.92. The van der Waals surface area contributed by atoms with Crippen LogP contribution in [0.3, 0.4) is 0 Å². The number of rotatable bonds is 5. The van der Waals surface area contributed by atoms with Crippen LogP contribution >= 0.6 is 22.9 Å². The van der Waals surface area contributed by atoms with Crippen molar-refractivity contribution >= 4 is 34.7 Å². The molecule has 0 aromatic carbocycles. The molecular weight excluding hydrogens is 400 g/mol. The van der Waals surface area contributed by atoms with Crippen LogP contribution in [0.25, 0.3) is 11.3 Å². The molecule has 0 radical (unpaired) electrons. The maximum atomic E-state index is 12.8. The molecule has 0 unspecified atom stereocenters. The average Bonchev–Trinajstić information content (AvgIpc) is 3.42. The van der Waals surface area contributed by atoms with Crippen LogP contribution in [-0.4, -0.2) is 20.7 Å². The number of thiophene rings is 1. The normalized spacial score (nSPS) is 10.9. The molecule has 9 heteroatoms. The van der Waals surface area contributed by atoms with Gasteiger partial charge in [0.1, 0.15) is 17.8 Å². The highest BCUT2D eigenvalue weighted by molar-refractivity contribution is 7.16. The molecule has 4 aromatic heterocycles. The summed E-state index contributed by atoms with van der Waals surface area (Å²) >= 11 is 7.42. The lowest BCUT2D eigenvalue weighted by Crippen LogP contribution is -2.16. The third-order valence-electron chi connectivity index (χ3n) is 4.07. The van der Waals surface area contributed by atoms with Crippen LogP contribution < -0.4 is 10.9 Å². The van der Waals surface area contributed by atoms with Gasteiger partial charge >= 0.3 is 0 Å². The van der Waals surface area contributed by atoms with Crippen LogP contribution in [0.5, 0.6) is 0 Å². The van der Waals surface area contributed by atoms with E-state index in [4.69, 9.17) is 16.0 Å². The van der Waals surface area contributed by atoms with Crippen molar-refractivity contribution in [3.05, 3.63) is 79.7 Å². The second-order valence-electron chi connectivity index (χ2n) is 6.12. The maximum Gasteiger partial charge on any atom is 0.283 e. The van der Waals surface area contributed by atoms with E-state index in [9.17, 15) is 9.59 Å². The first-order chi connectivity index (χ1) is 13.5. The van der Waals surface area contributed by atoms with Crippen LogP contribution in [0.1, 0.15) is 20.8 Å². The fourth-order valence-corrected chi connectivity index (χ4v) is 3.74. The van der Waals surface area contributed by atoms with Gasteiger partial charge in [-0.25, -0.2) is 0 Å². The molecule has 0 atom stereocenters. The highest BCUT2D eigenvalue weighted by Gasteiger charge is 2.19. The molecule has 0 aliphatic heterocycles. The Bertz CT molecular complexity index is 1190. The molecule has 0 saturated carbocycles. The number of pyridine rings is 1. The molecule has 0 fully saturated rings. The van der Waals surface area contributed by atoms with E-state index >= 15 is 0 Å². The molecule has 0 saturated heterocycles. The highest BCUT2D eigenvalue weighted by Crippen LogP contribution is 2.25. The van der Waals surface area contributed by atoms with Crippen molar-refractivity contribution in [1.82, 2.24) is 14.8 Å². The molecule has 4 rings (SSSR count). The third kappa shape index (κ3) is 3.64. The number of hydrogen-bond acceptors (Lipinski definition) is 6. The van der Waals surface area contributed by atoms with Gasteiger partial charge in [-0.2, -0.15) is 9.78 Å². The standard InChI is InChI=1S/C19H15ClN4O3S/c1-11-6-14(18(25)22-8-11)15-7-17(21-9-13-2-3-16(20)28-13)24(23-15)19(26)12-4-5-27-10-12/h2-8,10,21H,9H2,1H3,(H,22,25). The largest absolute Gasteiger partial charge is 0.472 e. The number of hydrogen-bond donors (Lipinski definition) is 2. The molecule has 7 nitrogen and oxygen atoms in total. The lowest BCUT2D eigenvalue weighted by Gasteiger charge is -2.06.